The zero-order valence-electron chi connectivity index (χ0n) is 15.5. The smallest absolute Gasteiger partial charge is 0.126 e. The van der Waals surface area contributed by atoms with Crippen LogP contribution in [0.1, 0.15) is 42.9 Å². The maximum Gasteiger partial charge on any atom is 0.126 e. The third kappa shape index (κ3) is 3.97. The Labute approximate surface area is 154 Å². The van der Waals surface area contributed by atoms with Crippen molar-refractivity contribution in [3.63, 3.8) is 0 Å². The van der Waals surface area contributed by atoms with Gasteiger partial charge in [0.25, 0.3) is 0 Å². The highest BCUT2D eigenvalue weighted by Gasteiger charge is 2.44. The summed E-state index contributed by atoms with van der Waals surface area (Å²) in [7, 11) is 4.02. The summed E-state index contributed by atoms with van der Waals surface area (Å²) in [6, 6.07) is 13.6. The molecule has 1 fully saturated rings. The van der Waals surface area contributed by atoms with Crippen molar-refractivity contribution in [3.05, 3.63) is 71.3 Å². The van der Waals surface area contributed by atoms with Gasteiger partial charge in [-0.2, -0.15) is 0 Å². The summed E-state index contributed by atoms with van der Waals surface area (Å²) in [5.74, 6) is -0.967. The lowest BCUT2D eigenvalue weighted by Crippen LogP contribution is -2.48. The fraction of sp³-hybridized carbons (Fsp3) is 0.455. The van der Waals surface area contributed by atoms with Crippen LogP contribution in [0.25, 0.3) is 0 Å². The van der Waals surface area contributed by atoms with Gasteiger partial charge in [0.2, 0.25) is 0 Å². The third-order valence-corrected chi connectivity index (χ3v) is 5.65. The van der Waals surface area contributed by atoms with Crippen molar-refractivity contribution in [2.75, 3.05) is 14.1 Å². The second-order valence-electron chi connectivity index (χ2n) is 7.69. The van der Waals surface area contributed by atoms with Crippen LogP contribution >= 0.6 is 0 Å². The molecule has 0 spiro atoms. The first-order valence-electron chi connectivity index (χ1n) is 9.28. The van der Waals surface area contributed by atoms with Crippen molar-refractivity contribution in [2.24, 2.45) is 5.92 Å². The van der Waals surface area contributed by atoms with Crippen LogP contribution < -0.4 is 0 Å². The molecule has 0 radical (unpaired) electrons. The maximum atomic E-state index is 14.2. The first kappa shape index (κ1) is 19.0. The molecule has 1 N–H and O–H groups in total. The molecule has 1 aliphatic rings. The van der Waals surface area contributed by atoms with Crippen LogP contribution in [0.3, 0.4) is 0 Å². The van der Waals surface area contributed by atoms with E-state index in [-0.39, 0.29) is 23.9 Å². The molecule has 26 heavy (non-hydrogen) atoms. The Morgan fingerprint density at radius 1 is 1.12 bits per heavy atom. The topological polar surface area (TPSA) is 23.5 Å². The quantitative estimate of drug-likeness (QED) is 0.834. The van der Waals surface area contributed by atoms with Crippen LogP contribution in [0.15, 0.2) is 48.5 Å². The molecule has 0 bridgehead atoms. The summed E-state index contributed by atoms with van der Waals surface area (Å²) in [5, 5.41) is 11.6. The van der Waals surface area contributed by atoms with Gasteiger partial charge in [0.15, 0.2) is 0 Å². The molecule has 3 unspecified atom stereocenters. The zero-order valence-corrected chi connectivity index (χ0v) is 15.5. The molecule has 0 saturated heterocycles. The molecule has 2 nitrogen and oxygen atoms in total. The normalized spacial score (nSPS) is 24.6. The van der Waals surface area contributed by atoms with Crippen LogP contribution in [0.2, 0.25) is 0 Å². The molecule has 0 aromatic heterocycles. The van der Waals surface area contributed by atoms with Gasteiger partial charge in [0.1, 0.15) is 11.6 Å². The Bertz CT molecular complexity index is 734. The monoisotopic (exact) mass is 359 g/mol. The molecule has 3 atom stereocenters. The SMILES string of the molecule is CN(C)C(c1ccccc1)C1CCCCC1(O)Cc1cc(F)ccc1F. The maximum absolute atomic E-state index is 14.2. The van der Waals surface area contributed by atoms with E-state index in [4.69, 9.17) is 0 Å². The van der Waals surface area contributed by atoms with E-state index in [9.17, 15) is 13.9 Å². The van der Waals surface area contributed by atoms with Gasteiger partial charge in [0.05, 0.1) is 5.60 Å². The minimum absolute atomic E-state index is 0.0260. The Morgan fingerprint density at radius 2 is 1.85 bits per heavy atom. The van der Waals surface area contributed by atoms with Crippen LogP contribution in [-0.2, 0) is 6.42 Å². The van der Waals surface area contributed by atoms with Gasteiger partial charge in [-0.05, 0) is 56.3 Å². The van der Waals surface area contributed by atoms with E-state index in [0.29, 0.717) is 6.42 Å². The molecule has 0 amide bonds. The highest BCUT2D eigenvalue weighted by atomic mass is 19.1. The van der Waals surface area contributed by atoms with Crippen LogP contribution in [-0.4, -0.2) is 29.7 Å². The molecular weight excluding hydrogens is 332 g/mol. The first-order chi connectivity index (χ1) is 12.4. The van der Waals surface area contributed by atoms with Crippen LogP contribution in [0.5, 0.6) is 0 Å². The van der Waals surface area contributed by atoms with E-state index in [2.05, 4.69) is 17.0 Å². The molecule has 140 valence electrons. The fourth-order valence-corrected chi connectivity index (χ4v) is 4.47. The Kier molecular flexibility index (Phi) is 5.73. The van der Waals surface area contributed by atoms with Gasteiger partial charge in [-0.25, -0.2) is 8.78 Å². The lowest BCUT2D eigenvalue weighted by atomic mass is 9.67. The predicted octanol–water partition coefficient (Wildman–Crippen LogP) is 4.73. The Morgan fingerprint density at radius 3 is 2.54 bits per heavy atom. The number of benzene rings is 2. The molecular formula is C22H27F2NO. The number of hydrogen-bond acceptors (Lipinski definition) is 2. The van der Waals surface area contributed by atoms with Gasteiger partial charge in [-0.1, -0.05) is 43.2 Å². The van der Waals surface area contributed by atoms with Gasteiger partial charge >= 0.3 is 0 Å². The van der Waals surface area contributed by atoms with E-state index >= 15 is 0 Å². The molecule has 0 aliphatic heterocycles. The number of rotatable bonds is 5. The van der Waals surface area contributed by atoms with Crippen LogP contribution in [0, 0.1) is 17.6 Å². The lowest BCUT2D eigenvalue weighted by Gasteiger charge is -2.46. The number of halogens is 2. The standard InChI is InChI=1S/C22H27F2NO/c1-25(2)21(16-8-4-3-5-9-16)19-10-6-7-13-22(19,26)15-17-14-18(23)11-12-20(17)24/h3-5,8-9,11-12,14,19,21,26H,6-7,10,13,15H2,1-2H3. The first-order valence-corrected chi connectivity index (χ1v) is 9.28. The van der Waals surface area contributed by atoms with Gasteiger partial charge in [-0.15, -0.1) is 0 Å². The van der Waals surface area contributed by atoms with Crippen molar-refractivity contribution >= 4 is 0 Å². The average molecular weight is 359 g/mol. The number of nitrogens with zero attached hydrogens (tertiary/aromatic N) is 1. The summed E-state index contributed by atoms with van der Waals surface area (Å²) in [4.78, 5) is 2.12. The van der Waals surface area contributed by atoms with E-state index in [1.165, 1.54) is 6.07 Å². The summed E-state index contributed by atoms with van der Waals surface area (Å²) in [6.07, 6.45) is 3.54. The second kappa shape index (κ2) is 7.85. The number of hydrogen-bond donors (Lipinski definition) is 1. The van der Waals surface area contributed by atoms with E-state index in [1.54, 1.807) is 0 Å². The Balaban J connectivity index is 1.96. The summed E-state index contributed by atoms with van der Waals surface area (Å²) in [5.41, 5.74) is 0.338. The molecule has 3 rings (SSSR count). The fourth-order valence-electron chi connectivity index (χ4n) is 4.47. The minimum atomic E-state index is -1.06. The van der Waals surface area contributed by atoms with Crippen molar-refractivity contribution in [1.82, 2.24) is 4.90 Å². The molecule has 2 aromatic carbocycles. The van der Waals surface area contributed by atoms with Crippen molar-refractivity contribution < 1.29 is 13.9 Å². The molecule has 4 heteroatoms. The molecule has 0 heterocycles. The van der Waals surface area contributed by atoms with Crippen LogP contribution in [0.4, 0.5) is 8.78 Å². The van der Waals surface area contributed by atoms with Crippen molar-refractivity contribution in [1.29, 1.82) is 0 Å². The molecule has 2 aromatic rings. The predicted molar refractivity (Wildman–Crippen MR) is 99.8 cm³/mol. The summed E-state index contributed by atoms with van der Waals surface area (Å²) in [6.45, 7) is 0. The Hall–Kier alpha value is -1.78. The van der Waals surface area contributed by atoms with Crippen molar-refractivity contribution in [2.45, 2.75) is 43.7 Å². The third-order valence-electron chi connectivity index (χ3n) is 5.65. The molecule has 1 aliphatic carbocycles. The minimum Gasteiger partial charge on any atom is -0.389 e. The van der Waals surface area contributed by atoms with Crippen molar-refractivity contribution in [3.8, 4) is 0 Å². The molecule has 1 saturated carbocycles. The summed E-state index contributed by atoms with van der Waals surface area (Å²) >= 11 is 0. The van der Waals surface area contributed by atoms with Gasteiger partial charge in [-0.3, -0.25) is 0 Å². The largest absolute Gasteiger partial charge is 0.389 e. The lowest BCUT2D eigenvalue weighted by molar-refractivity contribution is -0.0775. The summed E-state index contributed by atoms with van der Waals surface area (Å²) < 4.78 is 27.8. The highest BCUT2D eigenvalue weighted by Crippen LogP contribution is 2.45. The van der Waals surface area contributed by atoms with E-state index in [1.807, 2.05) is 32.3 Å². The van der Waals surface area contributed by atoms with E-state index < -0.39 is 17.2 Å². The number of aliphatic hydroxyl groups is 1. The second-order valence-corrected chi connectivity index (χ2v) is 7.69. The van der Waals surface area contributed by atoms with Gasteiger partial charge < -0.3 is 10.0 Å². The highest BCUT2D eigenvalue weighted by molar-refractivity contribution is 5.25. The van der Waals surface area contributed by atoms with Gasteiger partial charge in [0, 0.05) is 18.4 Å². The average Bonchev–Trinajstić information content (AvgIpc) is 2.61. The zero-order chi connectivity index (χ0) is 18.7. The van der Waals surface area contributed by atoms with E-state index in [0.717, 1.165) is 37.0 Å².